The summed E-state index contributed by atoms with van der Waals surface area (Å²) >= 11 is 0. The number of nitrogens with zero attached hydrogens (tertiary/aromatic N) is 3. The Bertz CT molecular complexity index is 1240. The molecule has 1 aromatic heterocycles. The monoisotopic (exact) mass is 500 g/mol. The van der Waals surface area contributed by atoms with E-state index in [9.17, 15) is 27.6 Å². The molecule has 1 aliphatic carbocycles. The highest BCUT2D eigenvalue weighted by Gasteiger charge is 2.44. The van der Waals surface area contributed by atoms with E-state index in [4.69, 9.17) is 5.11 Å². The number of nitrogens with one attached hydrogen (secondary N) is 1. The molecule has 0 radical (unpaired) electrons. The van der Waals surface area contributed by atoms with Gasteiger partial charge in [-0.1, -0.05) is 13.8 Å². The number of benzene rings is 1. The zero-order valence-electron chi connectivity index (χ0n) is 19.0. The Balaban J connectivity index is 1.57. The number of hydrogen-bond donors (Lipinski definition) is 2. The van der Waals surface area contributed by atoms with Crippen molar-refractivity contribution in [2.24, 2.45) is 5.41 Å². The van der Waals surface area contributed by atoms with Crippen molar-refractivity contribution in [2.45, 2.75) is 38.9 Å². The summed E-state index contributed by atoms with van der Waals surface area (Å²) in [5.74, 6) is -3.14. The van der Waals surface area contributed by atoms with Gasteiger partial charge in [-0.25, -0.2) is 14.2 Å². The molecule has 1 aliphatic heterocycles. The van der Waals surface area contributed by atoms with E-state index in [1.807, 2.05) is 12.3 Å². The molecule has 4 rings (SSSR count). The van der Waals surface area contributed by atoms with Crippen LogP contribution in [0.4, 0.5) is 28.0 Å². The van der Waals surface area contributed by atoms with Crippen LogP contribution in [0, 0.1) is 11.2 Å². The van der Waals surface area contributed by atoms with Gasteiger partial charge in [0.2, 0.25) is 5.43 Å². The molecule has 13 heteroatoms. The van der Waals surface area contributed by atoms with Gasteiger partial charge in [0.05, 0.1) is 22.8 Å². The Morgan fingerprint density at radius 3 is 2.49 bits per heavy atom. The number of rotatable bonds is 7. The second-order valence-electron chi connectivity index (χ2n) is 9.27. The minimum atomic E-state index is -5.00. The molecule has 0 bridgehead atoms. The number of amides is 1. The lowest BCUT2D eigenvalue weighted by Gasteiger charge is -2.51. The summed E-state index contributed by atoms with van der Waals surface area (Å²) in [6.45, 7) is 4.32. The van der Waals surface area contributed by atoms with Crippen LogP contribution in [-0.4, -0.2) is 59.1 Å². The number of fused-ring (bicyclic) bond motifs is 1. The minimum absolute atomic E-state index is 0.00722. The number of ether oxygens (including phenoxy) is 1. The van der Waals surface area contributed by atoms with E-state index in [1.54, 1.807) is 16.4 Å². The minimum Gasteiger partial charge on any atom is -0.449 e. The van der Waals surface area contributed by atoms with Crippen LogP contribution < -0.4 is 20.5 Å². The molecular formula is C22H24F4N4O5. The number of hydrazine groups is 1. The van der Waals surface area contributed by atoms with Gasteiger partial charge in [0.15, 0.2) is 5.75 Å². The zero-order chi connectivity index (χ0) is 25.7. The fourth-order valence-corrected chi connectivity index (χ4v) is 4.44. The predicted molar refractivity (Wildman–Crippen MR) is 117 cm³/mol. The molecule has 0 unspecified atom stereocenters. The van der Waals surface area contributed by atoms with Crippen molar-refractivity contribution in [2.75, 3.05) is 31.1 Å². The van der Waals surface area contributed by atoms with Crippen molar-refractivity contribution in [1.29, 1.82) is 0 Å². The third-order valence-electron chi connectivity index (χ3n) is 6.16. The van der Waals surface area contributed by atoms with Crippen molar-refractivity contribution < 1.29 is 37.0 Å². The maximum Gasteiger partial charge on any atom is 0.511 e. The smallest absolute Gasteiger partial charge is 0.449 e. The van der Waals surface area contributed by atoms with Crippen molar-refractivity contribution >= 4 is 28.7 Å². The quantitative estimate of drug-likeness (QED) is 0.342. The second-order valence-corrected chi connectivity index (χ2v) is 9.27. The summed E-state index contributed by atoms with van der Waals surface area (Å²) < 4.78 is 59.1. The average molecular weight is 500 g/mol. The Morgan fingerprint density at radius 2 is 1.94 bits per heavy atom. The van der Waals surface area contributed by atoms with Gasteiger partial charge in [-0.15, -0.1) is 0 Å². The van der Waals surface area contributed by atoms with E-state index in [0.717, 1.165) is 18.9 Å². The fourth-order valence-electron chi connectivity index (χ4n) is 4.44. The number of carbonyl (C=O) groups is 2. The Kier molecular flexibility index (Phi) is 6.16. The SMILES string of the molecule is CCN(CC1(C)CN(c2cc3c(cc2F)c(=O)c(OC(=O)O)cn3C2CC2)C1)NC(=O)C(F)(F)F. The predicted octanol–water partition coefficient (Wildman–Crippen LogP) is 3.27. The van der Waals surface area contributed by atoms with Crippen LogP contribution in [0.3, 0.4) is 0 Å². The lowest BCUT2D eigenvalue weighted by atomic mass is 9.81. The number of pyridine rings is 1. The molecule has 190 valence electrons. The summed E-state index contributed by atoms with van der Waals surface area (Å²) in [5, 5.41) is 10.1. The average Bonchev–Trinajstić information content (AvgIpc) is 3.57. The van der Waals surface area contributed by atoms with E-state index in [2.05, 4.69) is 4.74 Å². The third kappa shape index (κ3) is 5.04. The van der Waals surface area contributed by atoms with Crippen LogP contribution in [0.2, 0.25) is 0 Å². The van der Waals surface area contributed by atoms with Gasteiger partial charge >= 0.3 is 18.2 Å². The van der Waals surface area contributed by atoms with Gasteiger partial charge < -0.3 is 19.3 Å². The summed E-state index contributed by atoms with van der Waals surface area (Å²) in [5.41, 5.74) is 1.26. The molecule has 2 fully saturated rings. The molecule has 2 aliphatic rings. The lowest BCUT2D eigenvalue weighted by Crippen LogP contribution is -2.62. The zero-order valence-corrected chi connectivity index (χ0v) is 19.0. The molecule has 1 amide bonds. The molecule has 0 spiro atoms. The van der Waals surface area contributed by atoms with E-state index in [0.29, 0.717) is 18.6 Å². The first-order chi connectivity index (χ1) is 16.3. The lowest BCUT2D eigenvalue weighted by molar-refractivity contribution is -0.179. The van der Waals surface area contributed by atoms with Gasteiger partial charge in [0.25, 0.3) is 0 Å². The van der Waals surface area contributed by atoms with Crippen LogP contribution in [-0.2, 0) is 4.79 Å². The van der Waals surface area contributed by atoms with Crippen molar-refractivity contribution in [3.63, 3.8) is 0 Å². The van der Waals surface area contributed by atoms with Crippen molar-refractivity contribution in [3.05, 3.63) is 34.4 Å². The molecule has 0 atom stereocenters. The fraction of sp³-hybridized carbons (Fsp3) is 0.500. The highest BCUT2D eigenvalue weighted by Crippen LogP contribution is 2.41. The molecule has 1 aromatic carbocycles. The van der Waals surface area contributed by atoms with E-state index in [1.165, 1.54) is 17.3 Å². The summed E-state index contributed by atoms with van der Waals surface area (Å²) in [6, 6.07) is 2.61. The highest BCUT2D eigenvalue weighted by molar-refractivity contribution is 5.85. The Morgan fingerprint density at radius 1 is 1.29 bits per heavy atom. The van der Waals surface area contributed by atoms with Gasteiger partial charge in [-0.3, -0.25) is 15.0 Å². The maximum atomic E-state index is 15.1. The Hall–Kier alpha value is -3.35. The first-order valence-corrected chi connectivity index (χ1v) is 11.0. The number of carboxylic acid groups (broad SMARTS) is 1. The molecule has 1 saturated carbocycles. The number of halogens is 4. The number of carbonyl (C=O) groups excluding carboxylic acids is 1. The number of alkyl halides is 3. The summed E-state index contributed by atoms with van der Waals surface area (Å²) in [7, 11) is 0. The molecule has 1 saturated heterocycles. The highest BCUT2D eigenvalue weighted by atomic mass is 19.4. The number of hydrogen-bond acceptors (Lipinski definition) is 6. The van der Waals surface area contributed by atoms with Crippen LogP contribution in [0.25, 0.3) is 10.9 Å². The maximum absolute atomic E-state index is 15.1. The molecule has 2 aromatic rings. The largest absolute Gasteiger partial charge is 0.511 e. The molecular weight excluding hydrogens is 476 g/mol. The number of aromatic nitrogens is 1. The van der Waals surface area contributed by atoms with Gasteiger partial charge in [0, 0.05) is 37.6 Å². The van der Waals surface area contributed by atoms with E-state index in [-0.39, 0.29) is 30.2 Å². The van der Waals surface area contributed by atoms with Gasteiger partial charge in [-0.2, -0.15) is 13.2 Å². The topological polar surface area (TPSA) is 104 Å². The third-order valence-corrected chi connectivity index (χ3v) is 6.16. The van der Waals surface area contributed by atoms with Crippen LogP contribution in [0.5, 0.6) is 5.75 Å². The Labute approximate surface area is 196 Å². The first-order valence-electron chi connectivity index (χ1n) is 11.0. The van der Waals surface area contributed by atoms with Crippen molar-refractivity contribution in [1.82, 2.24) is 15.0 Å². The molecule has 9 nitrogen and oxygen atoms in total. The normalized spacial score (nSPS) is 17.4. The summed E-state index contributed by atoms with van der Waals surface area (Å²) in [4.78, 5) is 36.6. The summed E-state index contributed by atoms with van der Waals surface area (Å²) in [6.07, 6.45) is -3.69. The van der Waals surface area contributed by atoms with E-state index < -0.39 is 40.6 Å². The van der Waals surface area contributed by atoms with Crippen LogP contribution in [0.15, 0.2) is 23.1 Å². The van der Waals surface area contributed by atoms with Crippen LogP contribution in [0.1, 0.15) is 32.7 Å². The molecule has 2 N–H and O–H groups in total. The van der Waals surface area contributed by atoms with Crippen molar-refractivity contribution in [3.8, 4) is 5.75 Å². The van der Waals surface area contributed by atoms with Crippen LogP contribution >= 0.6 is 0 Å². The van der Waals surface area contributed by atoms with E-state index >= 15 is 4.39 Å². The first kappa shape index (κ1) is 24.8. The second kappa shape index (κ2) is 8.70. The molecule has 2 heterocycles. The van der Waals surface area contributed by atoms with Gasteiger partial charge in [0.1, 0.15) is 5.82 Å². The number of anilines is 1. The van der Waals surface area contributed by atoms with Gasteiger partial charge in [-0.05, 0) is 25.0 Å². The standard InChI is InChI=1S/C22H24F4N4O5/c1-3-29(27-19(32)22(24,25)26)11-21(2)9-28(10-21)16-7-15-13(6-14(16)23)18(31)17(35-20(33)34)8-30(15)12-4-5-12/h6-8,12H,3-5,9-11H2,1-2H3,(H,27,32)(H,33,34). The molecule has 35 heavy (non-hydrogen) atoms.